The molecule has 0 radical (unpaired) electrons. The fraction of sp³-hybridized carbons (Fsp3) is 0.200. The third kappa shape index (κ3) is 6.95. The van der Waals surface area contributed by atoms with Crippen molar-refractivity contribution in [1.29, 1.82) is 0 Å². The summed E-state index contributed by atoms with van der Waals surface area (Å²) in [5.74, 6) is 0.655. The number of para-hydroxylation sites is 1. The Morgan fingerprint density at radius 2 is 0.971 bits per heavy atom. The van der Waals surface area contributed by atoms with Crippen LogP contribution in [0.4, 0.5) is 0 Å². The predicted molar refractivity (Wildman–Crippen MR) is 151 cm³/mol. The van der Waals surface area contributed by atoms with Crippen molar-refractivity contribution < 1.29 is 8.39 Å². The maximum absolute atomic E-state index is 11.1. The van der Waals surface area contributed by atoms with Crippen molar-refractivity contribution in [2.75, 3.05) is 12.5 Å². The molecule has 0 amide bonds. The highest BCUT2D eigenvalue weighted by atomic mass is 32.3. The van der Waals surface area contributed by atoms with Crippen molar-refractivity contribution in [2.45, 2.75) is 26.1 Å². The van der Waals surface area contributed by atoms with Gasteiger partial charge in [-0.3, -0.25) is 4.18 Å². The lowest BCUT2D eigenvalue weighted by molar-refractivity contribution is 0.511. The van der Waals surface area contributed by atoms with Gasteiger partial charge < -0.3 is 0 Å². The molecular formula is C30H35BO2S. The summed E-state index contributed by atoms with van der Waals surface area (Å²) in [5.41, 5.74) is 4.33. The Kier molecular flexibility index (Phi) is 9.29. The maximum atomic E-state index is 11.1. The zero-order valence-electron chi connectivity index (χ0n) is 20.5. The summed E-state index contributed by atoms with van der Waals surface area (Å²) in [5, 5.41) is 0. The van der Waals surface area contributed by atoms with Crippen molar-refractivity contribution >= 4 is 32.7 Å². The number of hydrogen-bond donors (Lipinski definition) is 0. The van der Waals surface area contributed by atoms with Crippen LogP contribution in [0, 0.1) is 0 Å². The highest BCUT2D eigenvalue weighted by Gasteiger charge is 2.28. The largest absolute Gasteiger partial charge is 0.287 e. The minimum atomic E-state index is -2.13. The van der Waals surface area contributed by atoms with E-state index in [1.807, 2.05) is 18.2 Å². The molecule has 2 nitrogen and oxygen atoms in total. The van der Waals surface area contributed by atoms with E-state index in [0.29, 0.717) is 5.75 Å². The molecule has 0 aliphatic rings. The van der Waals surface area contributed by atoms with E-state index in [1.54, 1.807) is 24.6 Å². The summed E-state index contributed by atoms with van der Waals surface area (Å²) in [6.07, 6.45) is 5.87. The lowest BCUT2D eigenvalue weighted by Gasteiger charge is -2.43. The molecule has 4 aromatic rings. The Labute approximate surface area is 206 Å². The van der Waals surface area contributed by atoms with Gasteiger partial charge in [-0.15, -0.1) is 0 Å². The first kappa shape index (κ1) is 25.5. The molecule has 0 spiro atoms. The zero-order chi connectivity index (χ0) is 24.3. The molecule has 0 atom stereocenters. The molecular weight excluding hydrogens is 435 g/mol. The molecule has 0 aliphatic carbocycles. The summed E-state index contributed by atoms with van der Waals surface area (Å²) >= 11 is 0. The van der Waals surface area contributed by atoms with E-state index in [4.69, 9.17) is 4.18 Å². The second-order valence-corrected chi connectivity index (χ2v) is 11.4. The Hall–Kier alpha value is -3.11. The quantitative estimate of drug-likeness (QED) is 0.244. The van der Waals surface area contributed by atoms with Crippen LogP contribution in [-0.4, -0.2) is 18.7 Å². The summed E-state index contributed by atoms with van der Waals surface area (Å²) in [6.45, 7) is 2.28. The van der Waals surface area contributed by atoms with Gasteiger partial charge in [0.1, 0.15) is 12.5 Å². The molecule has 0 fully saturated rings. The van der Waals surface area contributed by atoms with Crippen LogP contribution in [0.3, 0.4) is 0 Å². The maximum Gasteiger partial charge on any atom is 0.253 e. The van der Waals surface area contributed by atoms with Crippen LogP contribution in [-0.2, 0) is 14.4 Å². The van der Waals surface area contributed by atoms with Crippen molar-refractivity contribution in [1.82, 2.24) is 0 Å². The van der Waals surface area contributed by atoms with Gasteiger partial charge in [-0.2, -0.15) is 22.7 Å². The van der Waals surface area contributed by atoms with Gasteiger partial charge in [-0.25, -0.2) is 0 Å². The average Bonchev–Trinajstić information content (AvgIpc) is 2.87. The van der Waals surface area contributed by atoms with Crippen molar-refractivity contribution in [2.24, 2.45) is 0 Å². The predicted octanol–water partition coefficient (Wildman–Crippen LogP) is 5.70. The van der Waals surface area contributed by atoms with E-state index in [9.17, 15) is 4.21 Å². The minimum absolute atomic E-state index is 0.655. The SMILES string of the molecule is CCCC[B-](c1ccccc1)(c1ccccc1)c1ccccc1.C[S+](C)(=O)Oc1ccccc1. The molecule has 0 bridgehead atoms. The monoisotopic (exact) mass is 470 g/mol. The highest BCUT2D eigenvalue weighted by molar-refractivity contribution is 7.97. The zero-order valence-corrected chi connectivity index (χ0v) is 21.3. The standard InChI is InChI=1S/C22H24B.C8H11O2S/c1-2-3-19-23(20-13-7-4-8-14-20,21-15-9-5-10-16-21)22-17-11-6-12-18-22;1-11(2,9)10-8-6-4-3-5-7-8/h4-18H,2-3,19H2,1H3;3-7H,1-2H3/q-1;+1. The first-order valence-electron chi connectivity index (χ1n) is 12.0. The number of benzene rings is 4. The fourth-order valence-electron chi connectivity index (χ4n) is 4.64. The molecule has 4 aromatic carbocycles. The van der Waals surface area contributed by atoms with Crippen LogP contribution in [0.5, 0.6) is 5.75 Å². The molecule has 0 saturated heterocycles. The molecule has 4 rings (SSSR count). The summed E-state index contributed by atoms with van der Waals surface area (Å²) in [4.78, 5) is 0. The second-order valence-electron chi connectivity index (χ2n) is 8.96. The molecule has 0 aliphatic heterocycles. The van der Waals surface area contributed by atoms with Crippen LogP contribution < -0.4 is 20.6 Å². The highest BCUT2D eigenvalue weighted by Crippen LogP contribution is 2.16. The topological polar surface area (TPSA) is 26.3 Å². The molecule has 0 N–H and O–H groups in total. The summed E-state index contributed by atoms with van der Waals surface area (Å²) < 4.78 is 16.3. The van der Waals surface area contributed by atoms with Crippen LogP contribution in [0.2, 0.25) is 6.32 Å². The first-order chi connectivity index (χ1) is 16.5. The lowest BCUT2D eigenvalue weighted by atomic mass is 9.14. The lowest BCUT2D eigenvalue weighted by Crippen LogP contribution is -2.66. The van der Waals surface area contributed by atoms with E-state index in [0.717, 1.165) is 0 Å². The van der Waals surface area contributed by atoms with Crippen LogP contribution >= 0.6 is 0 Å². The van der Waals surface area contributed by atoms with Crippen LogP contribution in [0.15, 0.2) is 121 Å². The minimum Gasteiger partial charge on any atom is -0.287 e. The second kappa shape index (κ2) is 12.4. The van der Waals surface area contributed by atoms with Gasteiger partial charge in [0.05, 0.1) is 6.15 Å². The van der Waals surface area contributed by atoms with Gasteiger partial charge in [-0.05, 0) is 12.1 Å². The molecule has 0 aromatic heterocycles. The van der Waals surface area contributed by atoms with Gasteiger partial charge in [0, 0.05) is 0 Å². The van der Waals surface area contributed by atoms with E-state index >= 15 is 0 Å². The van der Waals surface area contributed by atoms with E-state index in [2.05, 4.69) is 97.9 Å². The van der Waals surface area contributed by atoms with E-state index in [1.165, 1.54) is 35.6 Å². The summed E-state index contributed by atoms with van der Waals surface area (Å²) in [7, 11) is -2.13. The van der Waals surface area contributed by atoms with Gasteiger partial charge in [-0.1, -0.05) is 133 Å². The van der Waals surface area contributed by atoms with Gasteiger partial charge in [0.25, 0.3) is 10.2 Å². The normalized spacial score (nSPS) is 11.3. The molecule has 0 heterocycles. The number of unbranched alkanes of at least 4 members (excludes halogenated alkanes) is 1. The van der Waals surface area contributed by atoms with Crippen molar-refractivity contribution in [3.8, 4) is 5.75 Å². The smallest absolute Gasteiger partial charge is 0.253 e. The third-order valence-electron chi connectivity index (χ3n) is 6.14. The Morgan fingerprint density at radius 3 is 1.29 bits per heavy atom. The Morgan fingerprint density at radius 1 is 0.618 bits per heavy atom. The molecule has 4 heteroatoms. The molecule has 0 unspecified atom stereocenters. The fourth-order valence-corrected chi connectivity index (χ4v) is 5.21. The van der Waals surface area contributed by atoms with Gasteiger partial charge in [0.2, 0.25) is 0 Å². The average molecular weight is 470 g/mol. The van der Waals surface area contributed by atoms with Gasteiger partial charge in [0.15, 0.2) is 5.75 Å². The van der Waals surface area contributed by atoms with Gasteiger partial charge >= 0.3 is 0 Å². The Bertz CT molecular complexity index is 1050. The molecule has 34 heavy (non-hydrogen) atoms. The van der Waals surface area contributed by atoms with Crippen molar-refractivity contribution in [3.63, 3.8) is 0 Å². The van der Waals surface area contributed by atoms with Crippen LogP contribution in [0.25, 0.3) is 0 Å². The first-order valence-corrected chi connectivity index (χ1v) is 14.3. The van der Waals surface area contributed by atoms with E-state index < -0.39 is 16.4 Å². The van der Waals surface area contributed by atoms with E-state index in [-0.39, 0.29) is 0 Å². The number of rotatable bonds is 8. The van der Waals surface area contributed by atoms with Crippen LogP contribution in [0.1, 0.15) is 19.8 Å². The summed E-state index contributed by atoms with van der Waals surface area (Å²) in [6, 6.07) is 42.3. The Balaban J connectivity index is 0.000000248. The number of hydrogen-bond acceptors (Lipinski definition) is 2. The third-order valence-corrected chi connectivity index (χ3v) is 6.73. The molecule has 0 saturated carbocycles. The van der Waals surface area contributed by atoms with Crippen molar-refractivity contribution in [3.05, 3.63) is 121 Å². The molecule has 176 valence electrons.